The third-order valence-electron chi connectivity index (χ3n) is 5.54. The van der Waals surface area contributed by atoms with Crippen molar-refractivity contribution in [1.29, 1.82) is 0 Å². The molecule has 0 aliphatic heterocycles. The summed E-state index contributed by atoms with van der Waals surface area (Å²) < 4.78 is 52.3. The fourth-order valence-corrected chi connectivity index (χ4v) is 4.68. The van der Waals surface area contributed by atoms with Crippen molar-refractivity contribution in [2.75, 3.05) is 7.11 Å². The predicted molar refractivity (Wildman–Crippen MR) is 137 cm³/mol. The van der Waals surface area contributed by atoms with Crippen LogP contribution in [0.2, 0.25) is 0 Å². The number of ether oxygens (including phenoxy) is 2. The number of nitrogens with zero attached hydrogens (tertiary/aromatic N) is 2. The van der Waals surface area contributed by atoms with Crippen LogP contribution in [0.1, 0.15) is 18.2 Å². The second-order valence-electron chi connectivity index (χ2n) is 7.97. The molecule has 0 saturated carbocycles. The summed E-state index contributed by atoms with van der Waals surface area (Å²) in [4.78, 5) is -0.0814. The first kappa shape index (κ1) is 25.3. The third kappa shape index (κ3) is 5.38. The van der Waals surface area contributed by atoms with Crippen molar-refractivity contribution in [2.45, 2.75) is 25.0 Å². The molecule has 0 bridgehead atoms. The lowest BCUT2D eigenvalue weighted by Gasteiger charge is -2.12. The Hall–Kier alpha value is -3.79. The molecule has 0 radical (unpaired) electrons. The van der Waals surface area contributed by atoms with Gasteiger partial charge in [-0.15, -0.1) is 0 Å². The van der Waals surface area contributed by atoms with Crippen molar-refractivity contribution in [2.24, 2.45) is 5.14 Å². The monoisotopic (exact) mass is 507 g/mol. The van der Waals surface area contributed by atoms with E-state index in [-0.39, 0.29) is 17.3 Å². The Morgan fingerprint density at radius 1 is 1.03 bits per heavy atom. The van der Waals surface area contributed by atoms with Crippen LogP contribution < -0.4 is 9.88 Å². The van der Waals surface area contributed by atoms with E-state index < -0.39 is 15.8 Å². The molecule has 7 nitrogen and oxygen atoms in total. The number of aromatic nitrogens is 2. The summed E-state index contributed by atoms with van der Waals surface area (Å²) in [5.74, 6) is -0.469. The van der Waals surface area contributed by atoms with Crippen molar-refractivity contribution in [1.82, 2.24) is 9.78 Å². The zero-order valence-corrected chi connectivity index (χ0v) is 20.7. The van der Waals surface area contributed by atoms with Gasteiger partial charge in [-0.1, -0.05) is 60.7 Å². The molecule has 4 rings (SSSR count). The molecule has 1 aromatic heterocycles. The number of halogens is 1. The van der Waals surface area contributed by atoms with Crippen LogP contribution in [0.5, 0.6) is 5.75 Å². The number of allylic oxidation sites excluding steroid dienone is 1. The highest BCUT2D eigenvalue weighted by molar-refractivity contribution is 7.89. The smallest absolute Gasteiger partial charge is 0.238 e. The molecule has 0 saturated heterocycles. The zero-order valence-electron chi connectivity index (χ0n) is 19.9. The summed E-state index contributed by atoms with van der Waals surface area (Å²) in [6, 6.07) is 20.6. The lowest BCUT2D eigenvalue weighted by atomic mass is 9.98. The molecule has 0 atom stereocenters. The Morgan fingerprint density at radius 3 is 2.42 bits per heavy atom. The van der Waals surface area contributed by atoms with Gasteiger partial charge in [-0.3, -0.25) is 0 Å². The standard InChI is InChI=1S/C27H26FN3O4S/c1-3-15-31-23(18-35-17-19-9-5-4-6-10-19)26(20-13-14-24(34-2)22(28)16-20)27(30-31)21-11-7-8-12-25(21)36(29,32)33/h3-16H,17-18H2,1-2H3,(H2,29,32,33). The van der Waals surface area contributed by atoms with E-state index in [0.29, 0.717) is 34.7 Å². The highest BCUT2D eigenvalue weighted by Gasteiger charge is 2.25. The van der Waals surface area contributed by atoms with E-state index in [1.165, 1.54) is 25.3 Å². The van der Waals surface area contributed by atoms with E-state index in [1.54, 1.807) is 41.2 Å². The molecular weight excluding hydrogens is 481 g/mol. The number of benzene rings is 3. The predicted octanol–water partition coefficient (Wildman–Crippen LogP) is 5.22. The van der Waals surface area contributed by atoms with Crippen molar-refractivity contribution in [3.05, 3.63) is 95.9 Å². The number of rotatable bonds is 9. The Kier molecular flexibility index (Phi) is 7.64. The molecule has 0 amide bonds. The van der Waals surface area contributed by atoms with Gasteiger partial charge in [0.2, 0.25) is 10.0 Å². The van der Waals surface area contributed by atoms with Crippen LogP contribution in [0.15, 0.2) is 83.8 Å². The quantitative estimate of drug-likeness (QED) is 0.335. The first-order valence-electron chi connectivity index (χ1n) is 11.2. The number of nitrogens with two attached hydrogens (primary N) is 1. The van der Waals surface area contributed by atoms with E-state index in [0.717, 1.165) is 5.56 Å². The maximum absolute atomic E-state index is 14.8. The zero-order chi connectivity index (χ0) is 25.7. The maximum atomic E-state index is 14.8. The van der Waals surface area contributed by atoms with Crippen LogP contribution in [0.25, 0.3) is 28.6 Å². The van der Waals surface area contributed by atoms with Gasteiger partial charge in [-0.05, 0) is 36.2 Å². The first-order valence-corrected chi connectivity index (χ1v) is 12.7. The molecule has 186 valence electrons. The van der Waals surface area contributed by atoms with Crippen LogP contribution in [0.4, 0.5) is 4.39 Å². The molecule has 3 aromatic carbocycles. The summed E-state index contributed by atoms with van der Waals surface area (Å²) in [5.41, 5.74) is 3.26. The summed E-state index contributed by atoms with van der Waals surface area (Å²) in [6.45, 7) is 2.31. The molecule has 4 aromatic rings. The molecule has 1 heterocycles. The third-order valence-corrected chi connectivity index (χ3v) is 6.51. The number of hydrogen-bond acceptors (Lipinski definition) is 5. The minimum Gasteiger partial charge on any atom is -0.494 e. The van der Waals surface area contributed by atoms with Crippen LogP contribution >= 0.6 is 0 Å². The van der Waals surface area contributed by atoms with Crippen LogP contribution in [-0.4, -0.2) is 25.3 Å². The molecule has 0 unspecified atom stereocenters. The fourth-order valence-electron chi connectivity index (χ4n) is 3.94. The van der Waals surface area contributed by atoms with E-state index in [2.05, 4.69) is 0 Å². The highest BCUT2D eigenvalue weighted by atomic mass is 32.2. The summed E-state index contributed by atoms with van der Waals surface area (Å²) in [7, 11) is -2.67. The highest BCUT2D eigenvalue weighted by Crippen LogP contribution is 2.39. The van der Waals surface area contributed by atoms with Gasteiger partial charge < -0.3 is 9.47 Å². The summed E-state index contributed by atoms with van der Waals surface area (Å²) >= 11 is 0. The topological polar surface area (TPSA) is 96.4 Å². The first-order chi connectivity index (χ1) is 17.3. The Morgan fingerprint density at radius 2 is 1.75 bits per heavy atom. The summed E-state index contributed by atoms with van der Waals surface area (Å²) in [5, 5.41) is 10.2. The maximum Gasteiger partial charge on any atom is 0.238 e. The number of methoxy groups -OCH3 is 1. The molecule has 0 spiro atoms. The average Bonchev–Trinajstić information content (AvgIpc) is 3.22. The fraction of sp³-hybridized carbons (Fsp3) is 0.148. The molecule has 36 heavy (non-hydrogen) atoms. The molecule has 2 N–H and O–H groups in total. The van der Waals surface area contributed by atoms with E-state index >= 15 is 0 Å². The summed E-state index contributed by atoms with van der Waals surface area (Å²) in [6.07, 6.45) is 3.52. The van der Waals surface area contributed by atoms with Gasteiger partial charge in [0.05, 0.1) is 30.9 Å². The number of sulfonamides is 1. The average molecular weight is 508 g/mol. The lowest BCUT2D eigenvalue weighted by molar-refractivity contribution is 0.103. The van der Waals surface area contributed by atoms with Crippen molar-refractivity contribution < 1.29 is 22.3 Å². The Balaban J connectivity index is 1.91. The second-order valence-corrected chi connectivity index (χ2v) is 9.50. The molecule has 0 aliphatic carbocycles. The Labute approximate surface area is 209 Å². The molecular formula is C27H26FN3O4S. The minimum absolute atomic E-state index is 0.0814. The van der Waals surface area contributed by atoms with Gasteiger partial charge in [-0.2, -0.15) is 5.10 Å². The SMILES string of the molecule is CC=Cn1nc(-c2ccccc2S(N)(=O)=O)c(-c2ccc(OC)c(F)c2)c1COCc1ccccc1. The van der Waals surface area contributed by atoms with E-state index in [4.69, 9.17) is 19.7 Å². The van der Waals surface area contributed by atoms with Crippen molar-refractivity contribution in [3.63, 3.8) is 0 Å². The van der Waals surface area contributed by atoms with Gasteiger partial charge in [0.25, 0.3) is 0 Å². The van der Waals surface area contributed by atoms with Crippen molar-refractivity contribution >= 4 is 16.2 Å². The van der Waals surface area contributed by atoms with E-state index in [9.17, 15) is 12.8 Å². The van der Waals surface area contributed by atoms with E-state index in [1.807, 2.05) is 37.3 Å². The van der Waals surface area contributed by atoms with Gasteiger partial charge in [0, 0.05) is 17.3 Å². The second kappa shape index (κ2) is 10.9. The Bertz CT molecular complexity index is 1500. The minimum atomic E-state index is -4.06. The van der Waals surface area contributed by atoms with Gasteiger partial charge in [0.1, 0.15) is 5.69 Å². The normalized spacial score (nSPS) is 11.8. The molecule has 0 aliphatic rings. The lowest BCUT2D eigenvalue weighted by Crippen LogP contribution is -2.13. The van der Waals surface area contributed by atoms with Crippen LogP contribution in [0.3, 0.4) is 0 Å². The van der Waals surface area contributed by atoms with Gasteiger partial charge in [0.15, 0.2) is 11.6 Å². The molecule has 9 heteroatoms. The number of primary sulfonamides is 1. The van der Waals surface area contributed by atoms with Gasteiger partial charge >= 0.3 is 0 Å². The van der Waals surface area contributed by atoms with Gasteiger partial charge in [-0.25, -0.2) is 22.6 Å². The number of hydrogen-bond donors (Lipinski definition) is 1. The largest absolute Gasteiger partial charge is 0.494 e. The molecule has 0 fully saturated rings. The van der Waals surface area contributed by atoms with Crippen LogP contribution in [-0.2, 0) is 28.0 Å². The van der Waals surface area contributed by atoms with Crippen LogP contribution in [0, 0.1) is 5.82 Å². The van der Waals surface area contributed by atoms with Crippen molar-refractivity contribution in [3.8, 4) is 28.1 Å².